The maximum Gasteiger partial charge on any atom is 0.105 e. The molecule has 20 heavy (non-hydrogen) atoms. The van der Waals surface area contributed by atoms with E-state index in [1.807, 2.05) is 18.3 Å². The third kappa shape index (κ3) is 4.47. The molecule has 0 fully saturated rings. The number of rotatable bonds is 7. The van der Waals surface area contributed by atoms with Crippen molar-refractivity contribution in [1.29, 1.82) is 0 Å². The molecule has 0 amide bonds. The second-order valence-electron chi connectivity index (χ2n) is 5.58. The Bertz CT molecular complexity index is 530. The molecule has 0 spiro atoms. The van der Waals surface area contributed by atoms with Gasteiger partial charge in [-0.05, 0) is 32.2 Å². The lowest BCUT2D eigenvalue weighted by atomic mass is 10.2. The van der Waals surface area contributed by atoms with Crippen molar-refractivity contribution < 1.29 is 4.42 Å². The maximum absolute atomic E-state index is 5.34. The van der Waals surface area contributed by atoms with Crippen molar-refractivity contribution >= 4 is 11.3 Å². The van der Waals surface area contributed by atoms with Gasteiger partial charge in [0.05, 0.1) is 6.26 Å². The number of hydrogen-bond acceptors (Lipinski definition) is 4. The van der Waals surface area contributed by atoms with E-state index >= 15 is 0 Å². The zero-order chi connectivity index (χ0) is 14.5. The molecular weight excluding hydrogens is 268 g/mol. The summed E-state index contributed by atoms with van der Waals surface area (Å²) in [7, 11) is 2.15. The summed E-state index contributed by atoms with van der Waals surface area (Å²) in [5.74, 6) is 1.02. The maximum atomic E-state index is 5.34. The van der Waals surface area contributed by atoms with Gasteiger partial charge in [0, 0.05) is 41.0 Å². The van der Waals surface area contributed by atoms with Crippen LogP contribution in [-0.2, 0) is 19.6 Å². The van der Waals surface area contributed by atoms with Gasteiger partial charge in [-0.15, -0.1) is 11.3 Å². The molecule has 110 valence electrons. The van der Waals surface area contributed by atoms with Gasteiger partial charge in [0.1, 0.15) is 5.76 Å². The van der Waals surface area contributed by atoms with Gasteiger partial charge in [-0.25, -0.2) is 0 Å². The minimum absolute atomic E-state index is 0.535. The number of nitrogens with zero attached hydrogens (tertiary/aromatic N) is 1. The second-order valence-corrected chi connectivity index (χ2v) is 6.83. The first-order chi connectivity index (χ1) is 9.54. The van der Waals surface area contributed by atoms with Crippen LogP contribution in [0.4, 0.5) is 0 Å². The molecule has 4 heteroatoms. The highest BCUT2D eigenvalue weighted by molar-refractivity contribution is 7.11. The van der Waals surface area contributed by atoms with Gasteiger partial charge < -0.3 is 9.73 Å². The number of aryl methyl sites for hydroxylation is 1. The summed E-state index contributed by atoms with van der Waals surface area (Å²) < 4.78 is 5.34. The smallest absolute Gasteiger partial charge is 0.105 e. The molecule has 3 nitrogen and oxygen atoms in total. The summed E-state index contributed by atoms with van der Waals surface area (Å²) in [5.41, 5.74) is 1.27. The first kappa shape index (κ1) is 15.3. The van der Waals surface area contributed by atoms with E-state index in [1.165, 1.54) is 15.3 Å². The van der Waals surface area contributed by atoms with Crippen molar-refractivity contribution in [2.24, 2.45) is 0 Å². The van der Waals surface area contributed by atoms with E-state index < -0.39 is 0 Å². The first-order valence-electron chi connectivity index (χ1n) is 7.07. The molecule has 2 aromatic rings. The quantitative estimate of drug-likeness (QED) is 0.842. The Morgan fingerprint density at radius 2 is 1.95 bits per heavy atom. The Morgan fingerprint density at radius 3 is 2.60 bits per heavy atom. The summed E-state index contributed by atoms with van der Waals surface area (Å²) in [4.78, 5) is 5.14. The lowest BCUT2D eigenvalue weighted by molar-refractivity contribution is 0.319. The summed E-state index contributed by atoms with van der Waals surface area (Å²) in [5, 5.41) is 3.46. The lowest BCUT2D eigenvalue weighted by Gasteiger charge is -2.14. The molecule has 0 aliphatic carbocycles. The zero-order valence-electron chi connectivity index (χ0n) is 12.8. The van der Waals surface area contributed by atoms with Gasteiger partial charge in [0.2, 0.25) is 0 Å². The van der Waals surface area contributed by atoms with Gasteiger partial charge in [-0.3, -0.25) is 4.90 Å². The molecule has 0 aliphatic rings. The average molecular weight is 292 g/mol. The van der Waals surface area contributed by atoms with Crippen LogP contribution in [-0.4, -0.2) is 18.0 Å². The van der Waals surface area contributed by atoms with Crippen molar-refractivity contribution in [3.8, 4) is 0 Å². The van der Waals surface area contributed by atoms with Crippen LogP contribution in [0.2, 0.25) is 0 Å². The monoisotopic (exact) mass is 292 g/mol. The highest BCUT2D eigenvalue weighted by Crippen LogP contribution is 2.19. The van der Waals surface area contributed by atoms with Crippen molar-refractivity contribution in [1.82, 2.24) is 10.2 Å². The Kier molecular flexibility index (Phi) is 5.40. The first-order valence-corrected chi connectivity index (χ1v) is 7.88. The van der Waals surface area contributed by atoms with Gasteiger partial charge in [0.15, 0.2) is 0 Å². The summed E-state index contributed by atoms with van der Waals surface area (Å²) in [6.07, 6.45) is 1.76. The number of hydrogen-bond donors (Lipinski definition) is 1. The van der Waals surface area contributed by atoms with Crippen LogP contribution in [0, 0.1) is 6.92 Å². The fourth-order valence-electron chi connectivity index (χ4n) is 2.10. The molecular formula is C16H24N2OS. The van der Waals surface area contributed by atoms with Crippen LogP contribution in [0.1, 0.15) is 34.9 Å². The Balaban J connectivity index is 1.85. The number of nitrogens with one attached hydrogen (secondary N) is 1. The molecule has 2 heterocycles. The minimum atomic E-state index is 0.535. The minimum Gasteiger partial charge on any atom is -0.469 e. The van der Waals surface area contributed by atoms with E-state index in [1.54, 1.807) is 6.26 Å². The molecule has 0 unspecified atom stereocenters. The third-order valence-electron chi connectivity index (χ3n) is 3.23. The molecule has 2 aromatic heterocycles. The van der Waals surface area contributed by atoms with Gasteiger partial charge >= 0.3 is 0 Å². The van der Waals surface area contributed by atoms with Crippen molar-refractivity contribution in [2.45, 2.75) is 46.4 Å². The normalized spacial score (nSPS) is 11.7. The third-order valence-corrected chi connectivity index (χ3v) is 4.30. The van der Waals surface area contributed by atoms with E-state index in [0.29, 0.717) is 6.04 Å². The van der Waals surface area contributed by atoms with Crippen LogP contribution in [0.3, 0.4) is 0 Å². The molecule has 0 aliphatic heterocycles. The van der Waals surface area contributed by atoms with Gasteiger partial charge in [0.25, 0.3) is 0 Å². The Hall–Kier alpha value is -1.10. The van der Waals surface area contributed by atoms with Crippen molar-refractivity contribution in [3.05, 3.63) is 45.5 Å². The second kappa shape index (κ2) is 7.07. The molecule has 1 N–H and O–H groups in total. The summed E-state index contributed by atoms with van der Waals surface area (Å²) >= 11 is 1.89. The van der Waals surface area contributed by atoms with Gasteiger partial charge in [-0.1, -0.05) is 13.8 Å². The van der Waals surface area contributed by atoms with E-state index in [2.05, 4.69) is 49.3 Å². The standard InChI is InChI=1S/C16H24N2OS/c1-12(2)17-9-15-5-6-16(20-15)11-18(4)10-14-7-8-19-13(14)3/h5-8,12,17H,9-11H2,1-4H3. The summed E-state index contributed by atoms with van der Waals surface area (Å²) in [6.45, 7) is 9.25. The Labute approximate surface area is 125 Å². The predicted molar refractivity (Wildman–Crippen MR) is 84.9 cm³/mol. The van der Waals surface area contributed by atoms with E-state index in [4.69, 9.17) is 4.42 Å². The molecule has 0 saturated heterocycles. The number of thiophene rings is 1. The topological polar surface area (TPSA) is 28.4 Å². The van der Waals surface area contributed by atoms with Crippen molar-refractivity contribution in [3.63, 3.8) is 0 Å². The summed E-state index contributed by atoms with van der Waals surface area (Å²) in [6, 6.07) is 7.05. The van der Waals surface area contributed by atoms with Crippen LogP contribution in [0.5, 0.6) is 0 Å². The molecule has 0 saturated carbocycles. The fourth-order valence-corrected chi connectivity index (χ4v) is 3.14. The van der Waals surface area contributed by atoms with Crippen LogP contribution in [0.25, 0.3) is 0 Å². The van der Waals surface area contributed by atoms with E-state index in [9.17, 15) is 0 Å². The lowest BCUT2D eigenvalue weighted by Crippen LogP contribution is -2.21. The molecule has 0 atom stereocenters. The SMILES string of the molecule is Cc1occc1CN(C)Cc1ccc(CNC(C)C)s1. The van der Waals surface area contributed by atoms with Gasteiger partial charge in [-0.2, -0.15) is 0 Å². The molecule has 0 aromatic carbocycles. The van der Waals surface area contributed by atoms with Crippen LogP contribution < -0.4 is 5.32 Å². The highest BCUT2D eigenvalue weighted by Gasteiger charge is 2.08. The van der Waals surface area contributed by atoms with E-state index in [0.717, 1.165) is 25.4 Å². The largest absolute Gasteiger partial charge is 0.469 e. The molecule has 2 rings (SSSR count). The van der Waals surface area contributed by atoms with Crippen LogP contribution in [0.15, 0.2) is 28.9 Å². The Morgan fingerprint density at radius 1 is 1.20 bits per heavy atom. The van der Waals surface area contributed by atoms with E-state index in [-0.39, 0.29) is 0 Å². The molecule has 0 bridgehead atoms. The zero-order valence-corrected chi connectivity index (χ0v) is 13.6. The van der Waals surface area contributed by atoms with Crippen molar-refractivity contribution in [2.75, 3.05) is 7.05 Å². The van der Waals surface area contributed by atoms with Crippen LogP contribution >= 0.6 is 11.3 Å². The number of furan rings is 1. The average Bonchev–Trinajstić information content (AvgIpc) is 2.97. The molecule has 0 radical (unpaired) electrons. The highest BCUT2D eigenvalue weighted by atomic mass is 32.1. The predicted octanol–water partition coefficient (Wildman–Crippen LogP) is 3.78. The fraction of sp³-hybridized carbons (Fsp3) is 0.500.